The Balaban J connectivity index is 2.29. The zero-order valence-electron chi connectivity index (χ0n) is 11.4. The standard InChI is InChI=1S/C12H24N2O3/c1-11(2,3)14-10(15)16-7-9-6-13-8-12(4,5)17-9/h9,13H,6-8H2,1-5H3,(H,14,15). The third-order valence-electron chi connectivity index (χ3n) is 2.29. The molecular weight excluding hydrogens is 220 g/mol. The minimum atomic E-state index is -0.399. The largest absolute Gasteiger partial charge is 0.447 e. The van der Waals surface area contributed by atoms with Gasteiger partial charge in [-0.3, -0.25) is 0 Å². The molecule has 1 rings (SSSR count). The molecule has 17 heavy (non-hydrogen) atoms. The van der Waals surface area contributed by atoms with Crippen LogP contribution in [0, 0.1) is 0 Å². The predicted molar refractivity (Wildman–Crippen MR) is 66.1 cm³/mol. The van der Waals surface area contributed by atoms with Gasteiger partial charge in [-0.1, -0.05) is 0 Å². The number of amides is 1. The molecule has 0 aromatic carbocycles. The maximum atomic E-state index is 11.5. The smallest absolute Gasteiger partial charge is 0.407 e. The molecule has 1 aliphatic rings. The van der Waals surface area contributed by atoms with Crippen LogP contribution in [0.4, 0.5) is 4.79 Å². The lowest BCUT2D eigenvalue weighted by atomic mass is 10.1. The van der Waals surface area contributed by atoms with Crippen molar-refractivity contribution in [1.29, 1.82) is 0 Å². The number of morpholine rings is 1. The highest BCUT2D eigenvalue weighted by molar-refractivity contribution is 5.68. The Labute approximate surface area is 103 Å². The molecule has 1 atom stereocenters. The second-order valence-corrected chi connectivity index (χ2v) is 6.10. The van der Waals surface area contributed by atoms with Gasteiger partial charge in [-0.05, 0) is 34.6 Å². The highest BCUT2D eigenvalue weighted by Crippen LogP contribution is 2.15. The Morgan fingerprint density at radius 1 is 1.53 bits per heavy atom. The Kier molecular flexibility index (Phi) is 4.38. The molecule has 1 heterocycles. The molecule has 100 valence electrons. The third-order valence-corrected chi connectivity index (χ3v) is 2.29. The van der Waals surface area contributed by atoms with Crippen LogP contribution in [0.5, 0.6) is 0 Å². The van der Waals surface area contributed by atoms with Crippen molar-refractivity contribution in [2.45, 2.75) is 51.9 Å². The number of ether oxygens (including phenoxy) is 2. The van der Waals surface area contributed by atoms with Crippen LogP contribution in [0.25, 0.3) is 0 Å². The summed E-state index contributed by atoms with van der Waals surface area (Å²) in [4.78, 5) is 11.5. The van der Waals surface area contributed by atoms with Gasteiger partial charge in [0.05, 0.1) is 5.60 Å². The van der Waals surface area contributed by atoms with E-state index in [1.807, 2.05) is 34.6 Å². The van der Waals surface area contributed by atoms with E-state index in [4.69, 9.17) is 9.47 Å². The molecule has 1 saturated heterocycles. The number of rotatable bonds is 2. The third kappa shape index (κ3) is 5.89. The van der Waals surface area contributed by atoms with Crippen molar-refractivity contribution in [2.75, 3.05) is 19.7 Å². The maximum absolute atomic E-state index is 11.5. The Morgan fingerprint density at radius 2 is 2.18 bits per heavy atom. The maximum Gasteiger partial charge on any atom is 0.407 e. The second-order valence-electron chi connectivity index (χ2n) is 6.10. The Hall–Kier alpha value is -0.810. The Bertz CT molecular complexity index is 271. The van der Waals surface area contributed by atoms with Crippen molar-refractivity contribution >= 4 is 6.09 Å². The first-order chi connectivity index (χ1) is 7.68. The van der Waals surface area contributed by atoms with Crippen molar-refractivity contribution in [3.8, 4) is 0 Å². The fraction of sp³-hybridized carbons (Fsp3) is 0.917. The van der Waals surface area contributed by atoms with E-state index in [-0.39, 0.29) is 23.9 Å². The average molecular weight is 244 g/mol. The van der Waals surface area contributed by atoms with Crippen LogP contribution in [0.15, 0.2) is 0 Å². The van der Waals surface area contributed by atoms with Gasteiger partial charge in [0.1, 0.15) is 12.7 Å². The molecule has 0 spiro atoms. The average Bonchev–Trinajstić information content (AvgIpc) is 2.10. The SMILES string of the molecule is CC(C)(C)NC(=O)OCC1CNCC(C)(C)O1. The van der Waals surface area contributed by atoms with Gasteiger partial charge in [0, 0.05) is 18.6 Å². The molecule has 1 aliphatic heterocycles. The molecule has 0 radical (unpaired) electrons. The van der Waals surface area contributed by atoms with Crippen LogP contribution in [0.2, 0.25) is 0 Å². The van der Waals surface area contributed by atoms with Crippen molar-refractivity contribution in [1.82, 2.24) is 10.6 Å². The molecule has 0 aliphatic carbocycles. The highest BCUT2D eigenvalue weighted by Gasteiger charge is 2.29. The molecule has 0 saturated carbocycles. The number of hydrogen-bond donors (Lipinski definition) is 2. The Morgan fingerprint density at radius 3 is 2.71 bits per heavy atom. The summed E-state index contributed by atoms with van der Waals surface area (Å²) in [6.45, 7) is 11.6. The molecule has 1 fully saturated rings. The van der Waals surface area contributed by atoms with Crippen molar-refractivity contribution < 1.29 is 14.3 Å². The van der Waals surface area contributed by atoms with Gasteiger partial charge in [0.2, 0.25) is 0 Å². The topological polar surface area (TPSA) is 59.6 Å². The van der Waals surface area contributed by atoms with Crippen molar-refractivity contribution in [2.24, 2.45) is 0 Å². The fourth-order valence-corrected chi connectivity index (χ4v) is 1.67. The molecule has 5 nitrogen and oxygen atoms in total. The van der Waals surface area contributed by atoms with E-state index < -0.39 is 6.09 Å². The number of nitrogens with one attached hydrogen (secondary N) is 2. The highest BCUT2D eigenvalue weighted by atomic mass is 16.6. The second kappa shape index (κ2) is 5.23. The lowest BCUT2D eigenvalue weighted by molar-refractivity contribution is -0.111. The van der Waals surface area contributed by atoms with E-state index >= 15 is 0 Å². The van der Waals surface area contributed by atoms with Crippen LogP contribution >= 0.6 is 0 Å². The first-order valence-corrected chi connectivity index (χ1v) is 6.01. The van der Waals surface area contributed by atoms with Gasteiger partial charge >= 0.3 is 6.09 Å². The zero-order valence-corrected chi connectivity index (χ0v) is 11.4. The van der Waals surface area contributed by atoms with Crippen LogP contribution < -0.4 is 10.6 Å². The summed E-state index contributed by atoms with van der Waals surface area (Å²) in [5.41, 5.74) is -0.477. The van der Waals surface area contributed by atoms with Gasteiger partial charge in [-0.2, -0.15) is 0 Å². The summed E-state index contributed by atoms with van der Waals surface area (Å²) in [6.07, 6.45) is -0.478. The normalized spacial score (nSPS) is 24.2. The fourth-order valence-electron chi connectivity index (χ4n) is 1.67. The lowest BCUT2D eigenvalue weighted by Crippen LogP contribution is -2.52. The van der Waals surface area contributed by atoms with Crippen LogP contribution in [-0.4, -0.2) is 43.0 Å². The number of alkyl carbamates (subject to hydrolysis) is 1. The molecule has 1 unspecified atom stereocenters. The van der Waals surface area contributed by atoms with E-state index in [9.17, 15) is 4.79 Å². The van der Waals surface area contributed by atoms with Gasteiger partial charge in [0.15, 0.2) is 0 Å². The summed E-state index contributed by atoms with van der Waals surface area (Å²) in [5.74, 6) is 0. The molecule has 0 aromatic heterocycles. The van der Waals surface area contributed by atoms with Crippen LogP contribution in [0.1, 0.15) is 34.6 Å². The molecular formula is C12H24N2O3. The van der Waals surface area contributed by atoms with Crippen LogP contribution in [-0.2, 0) is 9.47 Å². The predicted octanol–water partition coefficient (Wildman–Crippen LogP) is 1.28. The van der Waals surface area contributed by atoms with E-state index in [2.05, 4.69) is 10.6 Å². The molecule has 0 bridgehead atoms. The number of carbonyl (C=O) groups excluding carboxylic acids is 1. The van der Waals surface area contributed by atoms with Gasteiger partial charge in [-0.15, -0.1) is 0 Å². The van der Waals surface area contributed by atoms with Gasteiger partial charge < -0.3 is 20.1 Å². The van der Waals surface area contributed by atoms with E-state index in [1.54, 1.807) is 0 Å². The summed E-state index contributed by atoms with van der Waals surface area (Å²) in [5, 5.41) is 6.00. The number of carbonyl (C=O) groups is 1. The number of hydrogen-bond acceptors (Lipinski definition) is 4. The van der Waals surface area contributed by atoms with E-state index in [0.717, 1.165) is 6.54 Å². The summed E-state index contributed by atoms with van der Waals surface area (Å²) < 4.78 is 10.9. The molecule has 2 N–H and O–H groups in total. The quantitative estimate of drug-likeness (QED) is 0.768. The van der Waals surface area contributed by atoms with E-state index in [0.29, 0.717) is 6.54 Å². The monoisotopic (exact) mass is 244 g/mol. The minimum absolute atomic E-state index is 0.0792. The van der Waals surface area contributed by atoms with Gasteiger partial charge in [0.25, 0.3) is 0 Å². The first kappa shape index (κ1) is 14.3. The van der Waals surface area contributed by atoms with Crippen molar-refractivity contribution in [3.63, 3.8) is 0 Å². The van der Waals surface area contributed by atoms with Crippen molar-refractivity contribution in [3.05, 3.63) is 0 Å². The lowest BCUT2D eigenvalue weighted by Gasteiger charge is -2.36. The molecule has 5 heteroatoms. The summed E-state index contributed by atoms with van der Waals surface area (Å²) >= 11 is 0. The minimum Gasteiger partial charge on any atom is -0.447 e. The molecule has 0 aromatic rings. The van der Waals surface area contributed by atoms with Gasteiger partial charge in [-0.25, -0.2) is 4.79 Å². The summed E-state index contributed by atoms with van der Waals surface area (Å²) in [7, 11) is 0. The first-order valence-electron chi connectivity index (χ1n) is 6.01. The van der Waals surface area contributed by atoms with E-state index in [1.165, 1.54) is 0 Å². The summed E-state index contributed by atoms with van der Waals surface area (Å²) in [6, 6.07) is 0. The zero-order chi connectivity index (χ0) is 13.1. The van der Waals surface area contributed by atoms with Crippen LogP contribution in [0.3, 0.4) is 0 Å². The molecule has 1 amide bonds.